The van der Waals surface area contributed by atoms with Crippen LogP contribution in [0.1, 0.15) is 21.6 Å². The van der Waals surface area contributed by atoms with Crippen LogP contribution in [0.5, 0.6) is 5.75 Å². The lowest BCUT2D eigenvalue weighted by Crippen LogP contribution is -2.18. The van der Waals surface area contributed by atoms with E-state index < -0.39 is 5.97 Å². The molecule has 21 heavy (non-hydrogen) atoms. The minimum Gasteiger partial charge on any atom is -0.497 e. The van der Waals surface area contributed by atoms with Crippen molar-refractivity contribution in [1.82, 2.24) is 4.98 Å². The maximum Gasteiger partial charge on any atom is 0.337 e. The molecule has 0 aliphatic rings. The highest BCUT2D eigenvalue weighted by molar-refractivity contribution is 5.89. The minimum atomic E-state index is -0.956. The van der Waals surface area contributed by atoms with Gasteiger partial charge in [-0.05, 0) is 36.8 Å². The average Bonchev–Trinajstić information content (AvgIpc) is 2.46. The summed E-state index contributed by atoms with van der Waals surface area (Å²) in [7, 11) is 3.56. The molecule has 1 N–H and O–H groups in total. The van der Waals surface area contributed by atoms with E-state index in [0.29, 0.717) is 12.2 Å². The molecule has 0 fully saturated rings. The van der Waals surface area contributed by atoms with Crippen LogP contribution in [-0.2, 0) is 6.54 Å². The summed E-state index contributed by atoms with van der Waals surface area (Å²) < 4.78 is 5.20. The van der Waals surface area contributed by atoms with Crippen LogP contribution in [0.4, 0.5) is 5.82 Å². The predicted molar refractivity (Wildman–Crippen MR) is 81.0 cm³/mol. The van der Waals surface area contributed by atoms with Crippen molar-refractivity contribution in [3.8, 4) is 5.75 Å². The van der Waals surface area contributed by atoms with Gasteiger partial charge in [-0.2, -0.15) is 0 Å². The maximum atomic E-state index is 11.0. The molecule has 0 aliphatic carbocycles. The highest BCUT2D eigenvalue weighted by atomic mass is 16.5. The van der Waals surface area contributed by atoms with Crippen LogP contribution in [0.25, 0.3) is 0 Å². The number of rotatable bonds is 5. The number of aromatic nitrogens is 1. The van der Waals surface area contributed by atoms with Gasteiger partial charge >= 0.3 is 5.97 Å². The van der Waals surface area contributed by atoms with Crippen molar-refractivity contribution in [2.45, 2.75) is 13.5 Å². The number of nitrogens with zero attached hydrogens (tertiary/aromatic N) is 2. The average molecular weight is 286 g/mol. The Labute approximate surface area is 123 Å². The van der Waals surface area contributed by atoms with Crippen molar-refractivity contribution < 1.29 is 14.6 Å². The number of hydrogen-bond acceptors (Lipinski definition) is 4. The number of carbonyl (C=O) groups is 1. The summed E-state index contributed by atoms with van der Waals surface area (Å²) in [5, 5.41) is 9.02. The Bertz CT molecular complexity index is 656. The Morgan fingerprint density at radius 1 is 1.33 bits per heavy atom. The van der Waals surface area contributed by atoms with Gasteiger partial charge in [0.1, 0.15) is 11.6 Å². The molecule has 5 nitrogen and oxygen atoms in total. The van der Waals surface area contributed by atoms with E-state index in [0.717, 1.165) is 17.1 Å². The van der Waals surface area contributed by atoms with Gasteiger partial charge in [-0.1, -0.05) is 12.1 Å². The fourth-order valence-corrected chi connectivity index (χ4v) is 2.11. The molecular weight excluding hydrogens is 268 g/mol. The minimum absolute atomic E-state index is 0.230. The van der Waals surface area contributed by atoms with E-state index >= 15 is 0 Å². The van der Waals surface area contributed by atoms with Crippen LogP contribution in [0.3, 0.4) is 0 Å². The van der Waals surface area contributed by atoms with Crippen molar-refractivity contribution in [2.75, 3.05) is 19.1 Å². The first-order valence-corrected chi connectivity index (χ1v) is 6.56. The quantitative estimate of drug-likeness (QED) is 0.915. The zero-order valence-electron chi connectivity index (χ0n) is 12.3. The van der Waals surface area contributed by atoms with Gasteiger partial charge in [0.15, 0.2) is 0 Å². The van der Waals surface area contributed by atoms with Crippen LogP contribution < -0.4 is 9.64 Å². The van der Waals surface area contributed by atoms with E-state index in [4.69, 9.17) is 9.84 Å². The summed E-state index contributed by atoms with van der Waals surface area (Å²) in [6.07, 6.45) is 0. The summed E-state index contributed by atoms with van der Waals surface area (Å²) in [6.45, 7) is 2.36. The summed E-state index contributed by atoms with van der Waals surface area (Å²) >= 11 is 0. The molecule has 0 spiro atoms. The van der Waals surface area contributed by atoms with Gasteiger partial charge in [-0.25, -0.2) is 9.78 Å². The van der Waals surface area contributed by atoms with Crippen LogP contribution >= 0.6 is 0 Å². The van der Waals surface area contributed by atoms with Crippen LogP contribution in [0, 0.1) is 6.92 Å². The first kappa shape index (κ1) is 14.8. The Morgan fingerprint density at radius 3 is 2.71 bits per heavy atom. The van der Waals surface area contributed by atoms with E-state index in [1.807, 2.05) is 36.2 Å². The molecule has 0 radical (unpaired) electrons. The molecule has 5 heteroatoms. The molecule has 0 aliphatic heterocycles. The molecule has 1 aromatic heterocycles. The Hall–Kier alpha value is -2.56. The van der Waals surface area contributed by atoms with Crippen LogP contribution in [0.2, 0.25) is 0 Å². The van der Waals surface area contributed by atoms with Gasteiger partial charge in [0.2, 0.25) is 0 Å². The Balaban J connectivity index is 2.18. The van der Waals surface area contributed by atoms with Crippen molar-refractivity contribution in [2.24, 2.45) is 0 Å². The Morgan fingerprint density at radius 2 is 2.10 bits per heavy atom. The maximum absolute atomic E-state index is 11.0. The molecule has 0 saturated heterocycles. The second-order valence-electron chi connectivity index (χ2n) is 4.82. The number of aryl methyl sites for hydroxylation is 1. The molecule has 0 unspecified atom stereocenters. The van der Waals surface area contributed by atoms with Crippen molar-refractivity contribution in [3.63, 3.8) is 0 Å². The number of ether oxygens (including phenoxy) is 1. The van der Waals surface area contributed by atoms with Gasteiger partial charge in [-0.15, -0.1) is 0 Å². The second-order valence-corrected chi connectivity index (χ2v) is 4.82. The number of carboxylic acids is 1. The zero-order chi connectivity index (χ0) is 15.4. The van der Waals surface area contributed by atoms with Gasteiger partial charge < -0.3 is 14.7 Å². The van der Waals surface area contributed by atoms with E-state index in [1.54, 1.807) is 26.2 Å². The standard InChI is InChI=1S/C16H18N2O3/c1-11-14(16(19)20)7-8-15(17-11)18(2)10-12-5-4-6-13(9-12)21-3/h4-9H,10H2,1-3H3,(H,19,20). The zero-order valence-corrected chi connectivity index (χ0v) is 12.3. The summed E-state index contributed by atoms with van der Waals surface area (Å²) in [4.78, 5) is 17.3. The Kier molecular flexibility index (Phi) is 4.42. The lowest BCUT2D eigenvalue weighted by atomic mass is 10.2. The SMILES string of the molecule is COc1cccc(CN(C)c2ccc(C(=O)O)c(C)n2)c1. The van der Waals surface area contributed by atoms with Gasteiger partial charge in [-0.3, -0.25) is 0 Å². The number of pyridine rings is 1. The molecule has 2 aromatic rings. The summed E-state index contributed by atoms with van der Waals surface area (Å²) in [5.41, 5.74) is 1.84. The molecular formula is C16H18N2O3. The molecule has 0 saturated carbocycles. The number of carboxylic acid groups (broad SMARTS) is 1. The first-order valence-electron chi connectivity index (χ1n) is 6.56. The highest BCUT2D eigenvalue weighted by Crippen LogP contribution is 2.18. The smallest absolute Gasteiger partial charge is 0.337 e. The van der Waals surface area contributed by atoms with Gasteiger partial charge in [0, 0.05) is 13.6 Å². The summed E-state index contributed by atoms with van der Waals surface area (Å²) in [6, 6.07) is 11.1. The molecule has 1 aromatic carbocycles. The number of aromatic carboxylic acids is 1. The van der Waals surface area contributed by atoms with E-state index in [2.05, 4.69) is 4.98 Å². The van der Waals surface area contributed by atoms with Crippen molar-refractivity contribution in [1.29, 1.82) is 0 Å². The number of hydrogen-bond donors (Lipinski definition) is 1. The normalized spacial score (nSPS) is 10.2. The fourth-order valence-electron chi connectivity index (χ4n) is 2.11. The van der Waals surface area contributed by atoms with Gasteiger partial charge in [0.05, 0.1) is 18.4 Å². The van der Waals surface area contributed by atoms with E-state index in [-0.39, 0.29) is 5.56 Å². The van der Waals surface area contributed by atoms with Crippen LogP contribution in [-0.4, -0.2) is 30.2 Å². The second kappa shape index (κ2) is 6.26. The lowest BCUT2D eigenvalue weighted by Gasteiger charge is -2.19. The fraction of sp³-hybridized carbons (Fsp3) is 0.250. The van der Waals surface area contributed by atoms with E-state index in [1.165, 1.54) is 0 Å². The predicted octanol–water partition coefficient (Wildman–Crippen LogP) is 2.73. The molecule has 110 valence electrons. The van der Waals surface area contributed by atoms with Crippen LogP contribution in [0.15, 0.2) is 36.4 Å². The highest BCUT2D eigenvalue weighted by Gasteiger charge is 2.11. The van der Waals surface area contributed by atoms with E-state index in [9.17, 15) is 4.79 Å². The summed E-state index contributed by atoms with van der Waals surface area (Å²) in [5.74, 6) is 0.591. The molecule has 0 amide bonds. The molecule has 2 rings (SSSR count). The van der Waals surface area contributed by atoms with Crippen molar-refractivity contribution in [3.05, 3.63) is 53.2 Å². The number of methoxy groups -OCH3 is 1. The molecule has 0 bridgehead atoms. The van der Waals surface area contributed by atoms with Crippen molar-refractivity contribution >= 4 is 11.8 Å². The number of benzene rings is 1. The number of anilines is 1. The lowest BCUT2D eigenvalue weighted by molar-refractivity contribution is 0.0695. The molecule has 1 heterocycles. The van der Waals surface area contributed by atoms with Gasteiger partial charge in [0.25, 0.3) is 0 Å². The molecule has 0 atom stereocenters. The topological polar surface area (TPSA) is 62.7 Å². The monoisotopic (exact) mass is 286 g/mol. The third-order valence-corrected chi connectivity index (χ3v) is 3.25. The first-order chi connectivity index (χ1) is 10.0. The largest absolute Gasteiger partial charge is 0.497 e. The third kappa shape index (κ3) is 3.51. The third-order valence-electron chi connectivity index (χ3n) is 3.25.